The summed E-state index contributed by atoms with van der Waals surface area (Å²) in [7, 11) is 0. The van der Waals surface area contributed by atoms with Crippen LogP contribution in [0.2, 0.25) is 10.2 Å². The summed E-state index contributed by atoms with van der Waals surface area (Å²) in [4.78, 5) is 12.8. The molecule has 0 saturated carbocycles. The molecule has 24 heavy (non-hydrogen) atoms. The van der Waals surface area contributed by atoms with E-state index < -0.39 is 5.82 Å². The van der Waals surface area contributed by atoms with E-state index in [2.05, 4.69) is 27.2 Å². The molecule has 3 rings (SSSR count). The minimum absolute atomic E-state index is 0.133. The standard InChI is InChI=1S/C17H15Cl2FN4/c1-2-3-7-21-14-13(12-10(18)5-4-6-11(12)20)16(19)24-17-15(14)22-8-9-23-17/h4-6,8-9H,2-3,7H2,1H3,(H,21,23,24). The molecule has 2 heterocycles. The van der Waals surface area contributed by atoms with Crippen LogP contribution in [0.15, 0.2) is 30.6 Å². The van der Waals surface area contributed by atoms with Gasteiger partial charge < -0.3 is 5.32 Å². The van der Waals surface area contributed by atoms with Gasteiger partial charge in [0.05, 0.1) is 10.7 Å². The SMILES string of the molecule is CCCCNc1c(-c2c(F)cccc2Cl)c(Cl)nc2nccnc12. The molecule has 0 aliphatic rings. The third kappa shape index (κ3) is 3.14. The lowest BCUT2D eigenvalue weighted by Gasteiger charge is -2.16. The summed E-state index contributed by atoms with van der Waals surface area (Å²) < 4.78 is 14.4. The number of pyridine rings is 1. The number of hydrogen-bond acceptors (Lipinski definition) is 4. The number of unbranched alkanes of at least 4 members (excludes halogenated alkanes) is 1. The predicted molar refractivity (Wildman–Crippen MR) is 96.1 cm³/mol. The van der Waals surface area contributed by atoms with Crippen molar-refractivity contribution in [1.29, 1.82) is 0 Å². The molecule has 0 unspecified atom stereocenters. The van der Waals surface area contributed by atoms with Gasteiger partial charge in [0, 0.05) is 30.1 Å². The Bertz CT molecular complexity index is 866. The summed E-state index contributed by atoms with van der Waals surface area (Å²) in [6.07, 6.45) is 5.07. The molecule has 0 aliphatic heterocycles. The average Bonchev–Trinajstić information content (AvgIpc) is 2.56. The number of fused-ring (bicyclic) bond motifs is 1. The molecular formula is C17H15Cl2FN4. The maximum atomic E-state index is 14.4. The highest BCUT2D eigenvalue weighted by molar-refractivity contribution is 6.37. The summed E-state index contributed by atoms with van der Waals surface area (Å²) in [6, 6.07) is 4.51. The van der Waals surface area contributed by atoms with Crippen molar-refractivity contribution in [3.8, 4) is 11.1 Å². The molecule has 0 spiro atoms. The third-order valence-corrected chi connectivity index (χ3v) is 4.21. The Morgan fingerprint density at radius 3 is 2.67 bits per heavy atom. The van der Waals surface area contributed by atoms with Crippen molar-refractivity contribution in [2.45, 2.75) is 19.8 Å². The fourth-order valence-corrected chi connectivity index (χ4v) is 3.01. The number of nitrogens with one attached hydrogen (secondary N) is 1. The fraction of sp³-hybridized carbons (Fsp3) is 0.235. The van der Waals surface area contributed by atoms with E-state index in [1.165, 1.54) is 12.3 Å². The van der Waals surface area contributed by atoms with Gasteiger partial charge in [-0.15, -0.1) is 0 Å². The molecule has 3 aromatic rings. The average molecular weight is 365 g/mol. The molecule has 1 N–H and O–H groups in total. The molecule has 0 saturated heterocycles. The molecule has 0 bridgehead atoms. The molecule has 2 aromatic heterocycles. The molecule has 0 atom stereocenters. The number of rotatable bonds is 5. The van der Waals surface area contributed by atoms with Gasteiger partial charge in [0.15, 0.2) is 5.65 Å². The fourth-order valence-electron chi connectivity index (χ4n) is 2.49. The molecular weight excluding hydrogens is 350 g/mol. The van der Waals surface area contributed by atoms with E-state index in [9.17, 15) is 4.39 Å². The van der Waals surface area contributed by atoms with Crippen molar-refractivity contribution >= 4 is 40.1 Å². The first-order valence-electron chi connectivity index (χ1n) is 7.62. The van der Waals surface area contributed by atoms with Crippen LogP contribution in [0, 0.1) is 5.82 Å². The Hall–Kier alpha value is -1.98. The third-order valence-electron chi connectivity index (χ3n) is 3.62. The Balaban J connectivity index is 2.29. The van der Waals surface area contributed by atoms with Gasteiger partial charge in [0.2, 0.25) is 0 Å². The zero-order valence-electron chi connectivity index (χ0n) is 13.0. The van der Waals surface area contributed by atoms with Gasteiger partial charge in [-0.25, -0.2) is 19.3 Å². The Morgan fingerprint density at radius 1 is 1.12 bits per heavy atom. The molecule has 0 fully saturated rings. The van der Waals surface area contributed by atoms with Crippen LogP contribution in [0.4, 0.5) is 10.1 Å². The van der Waals surface area contributed by atoms with Crippen LogP contribution in [0.5, 0.6) is 0 Å². The Morgan fingerprint density at radius 2 is 1.92 bits per heavy atom. The highest BCUT2D eigenvalue weighted by atomic mass is 35.5. The van der Waals surface area contributed by atoms with Crippen molar-refractivity contribution in [2.24, 2.45) is 0 Å². The van der Waals surface area contributed by atoms with Gasteiger partial charge in [-0.2, -0.15) is 0 Å². The number of anilines is 1. The molecule has 7 heteroatoms. The minimum atomic E-state index is -0.465. The zero-order valence-corrected chi connectivity index (χ0v) is 14.5. The van der Waals surface area contributed by atoms with Crippen LogP contribution in [0.3, 0.4) is 0 Å². The van der Waals surface area contributed by atoms with Gasteiger partial charge in [0.25, 0.3) is 0 Å². The van der Waals surface area contributed by atoms with Crippen molar-refractivity contribution in [3.63, 3.8) is 0 Å². The van der Waals surface area contributed by atoms with Gasteiger partial charge in [-0.05, 0) is 18.6 Å². The quantitative estimate of drug-likeness (QED) is 0.489. The Labute approximate surface area is 149 Å². The summed E-state index contributed by atoms with van der Waals surface area (Å²) in [5.41, 5.74) is 2.15. The maximum Gasteiger partial charge on any atom is 0.181 e. The molecule has 4 nitrogen and oxygen atoms in total. The second kappa shape index (κ2) is 7.28. The molecule has 0 amide bonds. The number of benzene rings is 1. The normalized spacial score (nSPS) is 11.0. The molecule has 1 aromatic carbocycles. The largest absolute Gasteiger partial charge is 0.383 e. The highest BCUT2D eigenvalue weighted by Gasteiger charge is 2.21. The van der Waals surface area contributed by atoms with Crippen LogP contribution < -0.4 is 5.32 Å². The number of nitrogens with zero attached hydrogens (tertiary/aromatic N) is 3. The molecule has 124 valence electrons. The number of halogens is 3. The monoisotopic (exact) mass is 364 g/mol. The molecule has 0 radical (unpaired) electrons. The van der Waals surface area contributed by atoms with E-state index in [0.717, 1.165) is 12.8 Å². The van der Waals surface area contributed by atoms with Crippen molar-refractivity contribution in [3.05, 3.63) is 46.6 Å². The van der Waals surface area contributed by atoms with Gasteiger partial charge in [-0.1, -0.05) is 42.6 Å². The summed E-state index contributed by atoms with van der Waals surface area (Å²) in [5.74, 6) is -0.465. The van der Waals surface area contributed by atoms with Gasteiger partial charge in [-0.3, -0.25) is 0 Å². The lowest BCUT2D eigenvalue weighted by atomic mass is 10.0. The lowest BCUT2D eigenvalue weighted by Crippen LogP contribution is -2.06. The summed E-state index contributed by atoms with van der Waals surface area (Å²) >= 11 is 12.6. The first kappa shape index (κ1) is 16.9. The zero-order chi connectivity index (χ0) is 17.1. The van der Waals surface area contributed by atoms with Gasteiger partial charge >= 0.3 is 0 Å². The van der Waals surface area contributed by atoms with Gasteiger partial charge in [0.1, 0.15) is 16.5 Å². The van der Waals surface area contributed by atoms with Crippen LogP contribution in [-0.4, -0.2) is 21.5 Å². The van der Waals surface area contributed by atoms with Crippen molar-refractivity contribution in [2.75, 3.05) is 11.9 Å². The Kier molecular flexibility index (Phi) is 5.11. The smallest absolute Gasteiger partial charge is 0.181 e. The second-order valence-corrected chi connectivity index (χ2v) is 6.02. The van der Waals surface area contributed by atoms with Crippen molar-refractivity contribution in [1.82, 2.24) is 15.0 Å². The summed E-state index contributed by atoms with van der Waals surface area (Å²) in [5, 5.41) is 3.70. The minimum Gasteiger partial charge on any atom is -0.383 e. The predicted octanol–water partition coefficient (Wildman–Crippen LogP) is 5.35. The topological polar surface area (TPSA) is 50.7 Å². The van der Waals surface area contributed by atoms with E-state index in [4.69, 9.17) is 23.2 Å². The van der Waals surface area contributed by atoms with Crippen LogP contribution in [0.1, 0.15) is 19.8 Å². The second-order valence-electron chi connectivity index (χ2n) is 5.26. The first-order chi connectivity index (χ1) is 11.6. The summed E-state index contributed by atoms with van der Waals surface area (Å²) in [6.45, 7) is 2.79. The van der Waals surface area contributed by atoms with Crippen LogP contribution >= 0.6 is 23.2 Å². The van der Waals surface area contributed by atoms with E-state index in [-0.39, 0.29) is 15.7 Å². The van der Waals surface area contributed by atoms with Crippen LogP contribution in [-0.2, 0) is 0 Å². The number of hydrogen-bond donors (Lipinski definition) is 1. The first-order valence-corrected chi connectivity index (χ1v) is 8.37. The van der Waals surface area contributed by atoms with E-state index >= 15 is 0 Å². The maximum absolute atomic E-state index is 14.4. The lowest BCUT2D eigenvalue weighted by molar-refractivity contribution is 0.631. The van der Waals surface area contributed by atoms with Crippen molar-refractivity contribution < 1.29 is 4.39 Å². The van der Waals surface area contributed by atoms with E-state index in [1.54, 1.807) is 18.3 Å². The molecule has 0 aliphatic carbocycles. The van der Waals surface area contributed by atoms with E-state index in [1.807, 2.05) is 0 Å². The van der Waals surface area contributed by atoms with E-state index in [0.29, 0.717) is 29.0 Å². The highest BCUT2D eigenvalue weighted by Crippen LogP contribution is 2.42. The number of aromatic nitrogens is 3. The van der Waals surface area contributed by atoms with Crippen LogP contribution in [0.25, 0.3) is 22.3 Å².